The van der Waals surface area contributed by atoms with Crippen molar-refractivity contribution in [1.29, 1.82) is 0 Å². The van der Waals surface area contributed by atoms with E-state index in [9.17, 15) is 0 Å². The molecule has 4 nitrogen and oxygen atoms in total. The Balaban J connectivity index is 1.61. The number of hydrogen-bond donors (Lipinski definition) is 1. The predicted molar refractivity (Wildman–Crippen MR) is 81.7 cm³/mol. The predicted octanol–water partition coefficient (Wildman–Crippen LogP) is 2.09. The van der Waals surface area contributed by atoms with Crippen LogP contribution in [-0.4, -0.2) is 39.9 Å². The van der Waals surface area contributed by atoms with Crippen LogP contribution in [0.1, 0.15) is 50.4 Å². The van der Waals surface area contributed by atoms with Crippen LogP contribution in [0, 0.1) is 0 Å². The first kappa shape index (κ1) is 14.1. The van der Waals surface area contributed by atoms with Crippen LogP contribution in [0.2, 0.25) is 0 Å². The van der Waals surface area contributed by atoms with Gasteiger partial charge in [-0.15, -0.1) is 0 Å². The van der Waals surface area contributed by atoms with Crippen LogP contribution in [-0.2, 0) is 20.0 Å². The molecule has 20 heavy (non-hydrogen) atoms. The number of aromatic nitrogens is 2. The molecule has 0 bridgehead atoms. The second kappa shape index (κ2) is 6.27. The van der Waals surface area contributed by atoms with Gasteiger partial charge in [-0.2, -0.15) is 5.10 Å². The molecule has 1 unspecified atom stereocenters. The normalized spacial score (nSPS) is 24.2. The van der Waals surface area contributed by atoms with Gasteiger partial charge in [0.05, 0.1) is 11.4 Å². The van der Waals surface area contributed by atoms with Crippen molar-refractivity contribution >= 4 is 0 Å². The van der Waals surface area contributed by atoms with Gasteiger partial charge in [0.25, 0.3) is 0 Å². The second-order valence-corrected chi connectivity index (χ2v) is 6.41. The maximum absolute atomic E-state index is 4.58. The summed E-state index contributed by atoms with van der Waals surface area (Å²) in [5.41, 5.74) is 2.58. The number of likely N-dealkylation sites (tertiary alicyclic amines) is 1. The second-order valence-electron chi connectivity index (χ2n) is 6.41. The summed E-state index contributed by atoms with van der Waals surface area (Å²) in [5.74, 6) is 0. The van der Waals surface area contributed by atoms with Crippen LogP contribution >= 0.6 is 0 Å². The molecule has 1 aliphatic heterocycles. The quantitative estimate of drug-likeness (QED) is 0.863. The van der Waals surface area contributed by atoms with Crippen molar-refractivity contribution < 1.29 is 0 Å². The number of rotatable bonds is 6. The van der Waals surface area contributed by atoms with Gasteiger partial charge in [-0.05, 0) is 44.7 Å². The fourth-order valence-electron chi connectivity index (χ4n) is 3.19. The molecule has 112 valence electrons. The third kappa shape index (κ3) is 3.41. The summed E-state index contributed by atoms with van der Waals surface area (Å²) >= 11 is 0. The first-order valence-electron chi connectivity index (χ1n) is 8.25. The molecule has 0 amide bonds. The van der Waals surface area contributed by atoms with Crippen molar-refractivity contribution in [2.45, 2.75) is 64.1 Å². The van der Waals surface area contributed by atoms with Gasteiger partial charge >= 0.3 is 0 Å². The molecule has 1 saturated carbocycles. The van der Waals surface area contributed by atoms with Crippen LogP contribution in [0.4, 0.5) is 0 Å². The van der Waals surface area contributed by atoms with Gasteiger partial charge in [0.2, 0.25) is 0 Å². The Morgan fingerprint density at radius 1 is 1.30 bits per heavy atom. The van der Waals surface area contributed by atoms with Gasteiger partial charge in [-0.1, -0.05) is 13.3 Å². The fraction of sp³-hybridized carbons (Fsp3) is 0.812. The molecule has 2 aliphatic rings. The standard InChI is InChI=1S/C16H28N4/c1-3-13-10-16(19(2)18-13)12-20-9-5-4-6-15(20)11-17-14-7-8-14/h10,14-15,17H,3-9,11-12H2,1-2H3. The number of aryl methyl sites for hydroxylation is 2. The zero-order valence-electron chi connectivity index (χ0n) is 12.9. The van der Waals surface area contributed by atoms with Gasteiger partial charge in [-0.3, -0.25) is 9.58 Å². The molecule has 1 atom stereocenters. The van der Waals surface area contributed by atoms with Gasteiger partial charge in [0, 0.05) is 32.2 Å². The maximum Gasteiger partial charge on any atom is 0.0625 e. The van der Waals surface area contributed by atoms with E-state index in [0.717, 1.165) is 19.0 Å². The molecule has 1 aromatic heterocycles. The lowest BCUT2D eigenvalue weighted by Gasteiger charge is -2.35. The summed E-state index contributed by atoms with van der Waals surface area (Å²) in [5, 5.41) is 8.29. The van der Waals surface area contributed by atoms with E-state index >= 15 is 0 Å². The van der Waals surface area contributed by atoms with Crippen LogP contribution in [0.25, 0.3) is 0 Å². The van der Waals surface area contributed by atoms with Gasteiger partial charge in [-0.25, -0.2) is 0 Å². The molecule has 2 heterocycles. The average Bonchev–Trinajstić information content (AvgIpc) is 3.22. The lowest BCUT2D eigenvalue weighted by atomic mass is 10.0. The first-order chi connectivity index (χ1) is 9.76. The van der Waals surface area contributed by atoms with Crippen LogP contribution in [0.5, 0.6) is 0 Å². The minimum Gasteiger partial charge on any atom is -0.312 e. The summed E-state index contributed by atoms with van der Waals surface area (Å²) in [7, 11) is 2.08. The highest BCUT2D eigenvalue weighted by Gasteiger charge is 2.26. The summed E-state index contributed by atoms with van der Waals surface area (Å²) < 4.78 is 2.07. The monoisotopic (exact) mass is 276 g/mol. The van der Waals surface area contributed by atoms with E-state index in [1.165, 1.54) is 56.6 Å². The van der Waals surface area contributed by atoms with Crippen LogP contribution in [0.3, 0.4) is 0 Å². The number of nitrogens with one attached hydrogen (secondary N) is 1. The van der Waals surface area contributed by atoms with Gasteiger partial charge < -0.3 is 5.32 Å². The van der Waals surface area contributed by atoms with Crippen molar-refractivity contribution in [2.24, 2.45) is 7.05 Å². The Morgan fingerprint density at radius 3 is 2.85 bits per heavy atom. The lowest BCUT2D eigenvalue weighted by molar-refractivity contribution is 0.134. The van der Waals surface area contributed by atoms with E-state index in [1.54, 1.807) is 0 Å². The van der Waals surface area contributed by atoms with Crippen molar-refractivity contribution in [1.82, 2.24) is 20.0 Å². The Bertz CT molecular complexity index is 436. The smallest absolute Gasteiger partial charge is 0.0625 e. The molecule has 0 aromatic carbocycles. The summed E-state index contributed by atoms with van der Waals surface area (Å²) in [4.78, 5) is 2.66. The number of nitrogens with zero attached hydrogens (tertiary/aromatic N) is 3. The average molecular weight is 276 g/mol. The van der Waals surface area contributed by atoms with E-state index in [-0.39, 0.29) is 0 Å². The Hall–Kier alpha value is -0.870. The Labute approximate surface area is 122 Å². The molecule has 0 radical (unpaired) electrons. The summed E-state index contributed by atoms with van der Waals surface area (Å²) in [6.07, 6.45) is 7.87. The minimum absolute atomic E-state index is 0.712. The highest BCUT2D eigenvalue weighted by molar-refractivity contribution is 5.10. The van der Waals surface area contributed by atoms with Crippen LogP contribution < -0.4 is 5.32 Å². The van der Waals surface area contributed by atoms with E-state index < -0.39 is 0 Å². The SMILES string of the molecule is CCc1cc(CN2CCCCC2CNC2CC2)n(C)n1. The molecule has 0 spiro atoms. The minimum atomic E-state index is 0.712. The van der Waals surface area contributed by atoms with Crippen molar-refractivity contribution in [2.75, 3.05) is 13.1 Å². The zero-order chi connectivity index (χ0) is 13.9. The van der Waals surface area contributed by atoms with E-state index in [1.807, 2.05) is 0 Å². The largest absolute Gasteiger partial charge is 0.312 e. The van der Waals surface area contributed by atoms with Crippen molar-refractivity contribution in [3.05, 3.63) is 17.5 Å². The summed E-state index contributed by atoms with van der Waals surface area (Å²) in [6.45, 7) is 5.64. The number of hydrogen-bond acceptors (Lipinski definition) is 3. The molecule has 1 aliphatic carbocycles. The van der Waals surface area contributed by atoms with Gasteiger partial charge in [0.1, 0.15) is 0 Å². The van der Waals surface area contributed by atoms with E-state index in [2.05, 4.69) is 40.0 Å². The number of piperidine rings is 1. The molecule has 1 aromatic rings. The van der Waals surface area contributed by atoms with Crippen molar-refractivity contribution in [3.63, 3.8) is 0 Å². The topological polar surface area (TPSA) is 33.1 Å². The Morgan fingerprint density at radius 2 is 2.15 bits per heavy atom. The van der Waals surface area contributed by atoms with E-state index in [4.69, 9.17) is 0 Å². The first-order valence-corrected chi connectivity index (χ1v) is 8.25. The molecule has 2 fully saturated rings. The highest BCUT2D eigenvalue weighted by Crippen LogP contribution is 2.22. The molecule has 4 heteroatoms. The zero-order valence-corrected chi connectivity index (χ0v) is 12.9. The maximum atomic E-state index is 4.58. The molecular formula is C16H28N4. The third-order valence-corrected chi connectivity index (χ3v) is 4.72. The van der Waals surface area contributed by atoms with Gasteiger partial charge in [0.15, 0.2) is 0 Å². The lowest BCUT2D eigenvalue weighted by Crippen LogP contribution is -2.45. The Kier molecular flexibility index (Phi) is 4.41. The molecule has 1 saturated heterocycles. The highest BCUT2D eigenvalue weighted by atomic mass is 15.3. The van der Waals surface area contributed by atoms with Crippen LogP contribution in [0.15, 0.2) is 6.07 Å². The fourth-order valence-corrected chi connectivity index (χ4v) is 3.19. The van der Waals surface area contributed by atoms with Crippen molar-refractivity contribution in [3.8, 4) is 0 Å². The molecular weight excluding hydrogens is 248 g/mol. The molecule has 3 rings (SSSR count). The van der Waals surface area contributed by atoms with E-state index in [0.29, 0.717) is 6.04 Å². The summed E-state index contributed by atoms with van der Waals surface area (Å²) in [6, 6.07) is 3.81. The third-order valence-electron chi connectivity index (χ3n) is 4.72. The molecule has 1 N–H and O–H groups in total.